The first kappa shape index (κ1) is 14.2. The number of amides is 1. The lowest BCUT2D eigenvalue weighted by Crippen LogP contribution is -2.17. The van der Waals surface area contributed by atoms with E-state index in [1.807, 2.05) is 48.0 Å². The second kappa shape index (κ2) is 5.93. The standard InChI is InChI=1S/C16H17BrN2O2/c1-2-21-15-6-4-3-5-13(15)18-16(20)14-9-11(17)10-19(14)12-7-8-12/h3-6,9-10,12H,2,7-8H2,1H3,(H,18,20). The minimum atomic E-state index is -0.111. The highest BCUT2D eigenvalue weighted by Crippen LogP contribution is 2.37. The van der Waals surface area contributed by atoms with E-state index in [0.29, 0.717) is 29.8 Å². The normalized spacial score (nSPS) is 14.0. The number of para-hydroxylation sites is 2. The first-order valence-corrected chi connectivity index (χ1v) is 7.89. The molecule has 1 aliphatic carbocycles. The highest BCUT2D eigenvalue weighted by atomic mass is 79.9. The molecule has 1 heterocycles. The molecule has 21 heavy (non-hydrogen) atoms. The van der Waals surface area contributed by atoms with Crippen molar-refractivity contribution >= 4 is 27.5 Å². The third-order valence-electron chi connectivity index (χ3n) is 3.42. The molecule has 5 heteroatoms. The zero-order valence-electron chi connectivity index (χ0n) is 11.8. The molecular formula is C16H17BrN2O2. The van der Waals surface area contributed by atoms with Gasteiger partial charge in [-0.2, -0.15) is 0 Å². The number of aromatic nitrogens is 1. The van der Waals surface area contributed by atoms with Crippen LogP contribution in [0.5, 0.6) is 5.75 Å². The van der Waals surface area contributed by atoms with Crippen LogP contribution in [0.4, 0.5) is 5.69 Å². The van der Waals surface area contributed by atoms with Gasteiger partial charge in [0, 0.05) is 16.7 Å². The summed E-state index contributed by atoms with van der Waals surface area (Å²) in [4.78, 5) is 12.5. The monoisotopic (exact) mass is 348 g/mol. The maximum atomic E-state index is 12.5. The van der Waals surface area contributed by atoms with Crippen LogP contribution in [0.2, 0.25) is 0 Å². The Morgan fingerprint density at radius 1 is 1.43 bits per heavy atom. The number of carbonyl (C=O) groups is 1. The lowest BCUT2D eigenvalue weighted by atomic mass is 10.2. The van der Waals surface area contributed by atoms with Crippen LogP contribution < -0.4 is 10.1 Å². The van der Waals surface area contributed by atoms with E-state index in [1.54, 1.807) is 0 Å². The van der Waals surface area contributed by atoms with Crippen LogP contribution in [-0.2, 0) is 0 Å². The zero-order valence-corrected chi connectivity index (χ0v) is 13.4. The number of carbonyl (C=O) groups excluding carboxylic acids is 1. The van der Waals surface area contributed by atoms with Crippen molar-refractivity contribution in [2.45, 2.75) is 25.8 Å². The summed E-state index contributed by atoms with van der Waals surface area (Å²) in [6.45, 7) is 2.49. The van der Waals surface area contributed by atoms with Crippen LogP contribution >= 0.6 is 15.9 Å². The van der Waals surface area contributed by atoms with Gasteiger partial charge in [-0.25, -0.2) is 0 Å². The molecule has 0 saturated heterocycles. The van der Waals surface area contributed by atoms with Crippen molar-refractivity contribution in [3.05, 3.63) is 46.7 Å². The fourth-order valence-corrected chi connectivity index (χ4v) is 2.76. The van der Waals surface area contributed by atoms with Gasteiger partial charge in [0.15, 0.2) is 0 Å². The second-order valence-electron chi connectivity index (χ2n) is 5.07. The number of halogens is 1. The first-order chi connectivity index (χ1) is 10.2. The number of benzene rings is 1. The summed E-state index contributed by atoms with van der Waals surface area (Å²) in [6.07, 6.45) is 4.24. The molecule has 1 aromatic heterocycles. The van der Waals surface area contributed by atoms with Crippen LogP contribution in [0.1, 0.15) is 36.3 Å². The number of nitrogens with one attached hydrogen (secondary N) is 1. The molecule has 1 aliphatic rings. The molecule has 1 N–H and O–H groups in total. The molecule has 4 nitrogen and oxygen atoms in total. The molecule has 1 aromatic carbocycles. The van der Waals surface area contributed by atoms with Gasteiger partial charge < -0.3 is 14.6 Å². The first-order valence-electron chi connectivity index (χ1n) is 7.09. The summed E-state index contributed by atoms with van der Waals surface area (Å²) >= 11 is 3.45. The summed E-state index contributed by atoms with van der Waals surface area (Å²) in [5, 5.41) is 2.94. The van der Waals surface area contributed by atoms with E-state index in [-0.39, 0.29) is 5.91 Å². The van der Waals surface area contributed by atoms with E-state index in [4.69, 9.17) is 4.74 Å². The van der Waals surface area contributed by atoms with E-state index in [9.17, 15) is 4.79 Å². The Morgan fingerprint density at radius 2 is 2.19 bits per heavy atom. The summed E-state index contributed by atoms with van der Waals surface area (Å²) < 4.78 is 8.51. The lowest BCUT2D eigenvalue weighted by molar-refractivity contribution is 0.101. The SMILES string of the molecule is CCOc1ccccc1NC(=O)c1cc(Br)cn1C1CC1. The number of rotatable bonds is 5. The van der Waals surface area contributed by atoms with Gasteiger partial charge in [-0.3, -0.25) is 4.79 Å². The third kappa shape index (κ3) is 3.13. The van der Waals surface area contributed by atoms with Crippen LogP contribution in [0, 0.1) is 0 Å². The number of ether oxygens (including phenoxy) is 1. The maximum absolute atomic E-state index is 12.5. The second-order valence-corrected chi connectivity index (χ2v) is 5.98. The maximum Gasteiger partial charge on any atom is 0.272 e. The van der Waals surface area contributed by atoms with Crippen molar-refractivity contribution in [2.24, 2.45) is 0 Å². The number of hydrogen-bond donors (Lipinski definition) is 1. The highest BCUT2D eigenvalue weighted by Gasteiger charge is 2.28. The largest absolute Gasteiger partial charge is 0.492 e. The average molecular weight is 349 g/mol. The molecule has 0 atom stereocenters. The molecule has 0 spiro atoms. The Hall–Kier alpha value is -1.75. The molecule has 1 amide bonds. The number of nitrogens with zero attached hydrogens (tertiary/aromatic N) is 1. The van der Waals surface area contributed by atoms with E-state index in [1.165, 1.54) is 0 Å². The Bertz CT molecular complexity index is 662. The topological polar surface area (TPSA) is 43.3 Å². The summed E-state index contributed by atoms with van der Waals surface area (Å²) in [5.74, 6) is 0.580. The van der Waals surface area contributed by atoms with Crippen LogP contribution in [0.25, 0.3) is 0 Å². The Balaban J connectivity index is 1.83. The minimum absolute atomic E-state index is 0.111. The smallest absolute Gasteiger partial charge is 0.272 e. The average Bonchev–Trinajstić information content (AvgIpc) is 3.24. The molecule has 110 valence electrons. The minimum Gasteiger partial charge on any atom is -0.492 e. The molecule has 0 radical (unpaired) electrons. The van der Waals surface area contributed by atoms with Crippen molar-refractivity contribution in [1.29, 1.82) is 0 Å². The molecule has 0 aliphatic heterocycles. The number of anilines is 1. The van der Waals surface area contributed by atoms with Crippen molar-refractivity contribution in [3.63, 3.8) is 0 Å². The quantitative estimate of drug-likeness (QED) is 0.878. The lowest BCUT2D eigenvalue weighted by Gasteiger charge is -2.12. The Kier molecular flexibility index (Phi) is 4.01. The van der Waals surface area contributed by atoms with Gasteiger partial charge in [-0.05, 0) is 53.9 Å². The Morgan fingerprint density at radius 3 is 2.90 bits per heavy atom. The molecule has 1 saturated carbocycles. The predicted molar refractivity (Wildman–Crippen MR) is 86.0 cm³/mol. The van der Waals surface area contributed by atoms with Gasteiger partial charge in [0.1, 0.15) is 11.4 Å². The van der Waals surface area contributed by atoms with Crippen molar-refractivity contribution in [2.75, 3.05) is 11.9 Å². The molecule has 0 bridgehead atoms. The van der Waals surface area contributed by atoms with Gasteiger partial charge in [0.2, 0.25) is 0 Å². The third-order valence-corrected chi connectivity index (χ3v) is 3.86. The van der Waals surface area contributed by atoms with E-state index < -0.39 is 0 Å². The van der Waals surface area contributed by atoms with Gasteiger partial charge >= 0.3 is 0 Å². The molecule has 1 fully saturated rings. The van der Waals surface area contributed by atoms with Gasteiger partial charge in [0.25, 0.3) is 5.91 Å². The molecule has 0 unspecified atom stereocenters. The molecule has 2 aromatic rings. The van der Waals surface area contributed by atoms with Gasteiger partial charge in [-0.15, -0.1) is 0 Å². The van der Waals surface area contributed by atoms with Crippen LogP contribution in [-0.4, -0.2) is 17.1 Å². The van der Waals surface area contributed by atoms with Gasteiger partial charge in [-0.1, -0.05) is 12.1 Å². The summed E-state index contributed by atoms with van der Waals surface area (Å²) in [7, 11) is 0. The van der Waals surface area contributed by atoms with Crippen molar-refractivity contribution < 1.29 is 9.53 Å². The predicted octanol–water partition coefficient (Wildman–Crippen LogP) is 4.24. The molecular weight excluding hydrogens is 332 g/mol. The van der Waals surface area contributed by atoms with Crippen LogP contribution in [0.3, 0.4) is 0 Å². The highest BCUT2D eigenvalue weighted by molar-refractivity contribution is 9.10. The van der Waals surface area contributed by atoms with Crippen molar-refractivity contribution in [3.8, 4) is 5.75 Å². The number of hydrogen-bond acceptors (Lipinski definition) is 2. The Labute approximate surface area is 132 Å². The van der Waals surface area contributed by atoms with E-state index >= 15 is 0 Å². The van der Waals surface area contributed by atoms with Crippen LogP contribution in [0.15, 0.2) is 41.0 Å². The van der Waals surface area contributed by atoms with Crippen molar-refractivity contribution in [1.82, 2.24) is 4.57 Å². The van der Waals surface area contributed by atoms with Gasteiger partial charge in [0.05, 0.1) is 12.3 Å². The fraction of sp³-hybridized carbons (Fsp3) is 0.312. The zero-order chi connectivity index (χ0) is 14.8. The van der Waals surface area contributed by atoms with E-state index in [2.05, 4.69) is 21.2 Å². The molecule has 3 rings (SSSR count). The van der Waals surface area contributed by atoms with E-state index in [0.717, 1.165) is 17.3 Å². The summed E-state index contributed by atoms with van der Waals surface area (Å²) in [6, 6.07) is 9.80. The summed E-state index contributed by atoms with van der Waals surface area (Å²) in [5.41, 5.74) is 1.37. The fourth-order valence-electron chi connectivity index (χ4n) is 2.32.